The number of hydrogen-bond acceptors (Lipinski definition) is 4. The lowest BCUT2D eigenvalue weighted by molar-refractivity contribution is -0.140. The molecular weight excluding hydrogens is 502 g/mol. The number of hydrogen-bond donors (Lipinski definition) is 1. The fraction of sp³-hybridized carbons (Fsp3) is 0.200. The molecule has 0 amide bonds. The van der Waals surface area contributed by atoms with Crippen molar-refractivity contribution in [1.82, 2.24) is 5.32 Å². The third-order valence-corrected chi connectivity index (χ3v) is 7.26. The average molecular weight is 528 g/mol. The highest BCUT2D eigenvalue weighted by atomic mass is 79.9. The second kappa shape index (κ2) is 10.0. The number of Topliss-reactive ketones (excluding diaryl/α,β-unsaturated/α-hetero) is 1. The van der Waals surface area contributed by atoms with Crippen LogP contribution in [-0.4, -0.2) is 11.8 Å². The number of benzene rings is 3. The van der Waals surface area contributed by atoms with Gasteiger partial charge in [-0.1, -0.05) is 88.7 Å². The van der Waals surface area contributed by atoms with Gasteiger partial charge in [0, 0.05) is 33.8 Å². The Morgan fingerprint density at radius 2 is 1.57 bits per heavy atom. The van der Waals surface area contributed by atoms with Crippen molar-refractivity contribution in [2.75, 3.05) is 0 Å². The SMILES string of the molecule is CC1=C(C(=O)OCc2ccccc2)[C@@H](c2ccc(Br)cc2)C2=C(C[C@@H](c3ccccc3)CC2=O)N1. The Kier molecular flexibility index (Phi) is 6.69. The molecular formula is C30H26BrNO3. The third kappa shape index (κ3) is 4.87. The Hall–Kier alpha value is -3.44. The fourth-order valence-corrected chi connectivity index (χ4v) is 5.32. The van der Waals surface area contributed by atoms with Crippen LogP contribution < -0.4 is 5.32 Å². The molecule has 0 aromatic heterocycles. The van der Waals surface area contributed by atoms with Crippen molar-refractivity contribution in [3.63, 3.8) is 0 Å². The summed E-state index contributed by atoms with van der Waals surface area (Å²) in [5.74, 6) is -0.690. The molecule has 2 atom stereocenters. The maximum absolute atomic E-state index is 13.6. The highest BCUT2D eigenvalue weighted by molar-refractivity contribution is 9.10. The summed E-state index contributed by atoms with van der Waals surface area (Å²) in [6.45, 7) is 2.07. The van der Waals surface area contributed by atoms with Crippen LogP contribution in [0.2, 0.25) is 0 Å². The van der Waals surface area contributed by atoms with E-state index >= 15 is 0 Å². The predicted molar refractivity (Wildman–Crippen MR) is 139 cm³/mol. The summed E-state index contributed by atoms with van der Waals surface area (Å²) in [7, 11) is 0. The zero-order chi connectivity index (χ0) is 24.4. The molecule has 3 aromatic carbocycles. The largest absolute Gasteiger partial charge is 0.457 e. The molecule has 0 unspecified atom stereocenters. The quantitative estimate of drug-likeness (QED) is 0.382. The average Bonchev–Trinajstić information content (AvgIpc) is 2.88. The summed E-state index contributed by atoms with van der Waals surface area (Å²) in [6.07, 6.45) is 1.14. The number of nitrogens with one attached hydrogen (secondary N) is 1. The van der Waals surface area contributed by atoms with Crippen LogP contribution in [0.3, 0.4) is 0 Å². The van der Waals surface area contributed by atoms with Crippen molar-refractivity contribution in [3.8, 4) is 0 Å². The van der Waals surface area contributed by atoms with E-state index in [2.05, 4.69) is 33.4 Å². The normalized spacial score (nSPS) is 19.8. The van der Waals surface area contributed by atoms with E-state index in [1.54, 1.807) is 0 Å². The minimum absolute atomic E-state index is 0.0707. The molecule has 1 N–H and O–H groups in total. The number of rotatable bonds is 5. The minimum Gasteiger partial charge on any atom is -0.457 e. The van der Waals surface area contributed by atoms with E-state index in [1.807, 2.05) is 79.7 Å². The van der Waals surface area contributed by atoms with Crippen LogP contribution in [0.15, 0.2) is 112 Å². The summed E-state index contributed by atoms with van der Waals surface area (Å²) in [4.78, 5) is 27.1. The van der Waals surface area contributed by atoms with Crippen LogP contribution in [0.5, 0.6) is 0 Å². The molecule has 5 rings (SSSR count). The van der Waals surface area contributed by atoms with E-state index < -0.39 is 11.9 Å². The van der Waals surface area contributed by atoms with Crippen LogP contribution >= 0.6 is 15.9 Å². The lowest BCUT2D eigenvalue weighted by atomic mass is 9.72. The van der Waals surface area contributed by atoms with Gasteiger partial charge in [-0.25, -0.2) is 4.79 Å². The van der Waals surface area contributed by atoms with Crippen LogP contribution in [0.25, 0.3) is 0 Å². The molecule has 2 aliphatic rings. The highest BCUT2D eigenvalue weighted by Crippen LogP contribution is 2.45. The summed E-state index contributed by atoms with van der Waals surface area (Å²) in [5, 5.41) is 3.42. The molecule has 1 heterocycles. The van der Waals surface area contributed by atoms with E-state index in [0.29, 0.717) is 17.6 Å². The Labute approximate surface area is 213 Å². The monoisotopic (exact) mass is 527 g/mol. The van der Waals surface area contributed by atoms with Gasteiger partial charge in [0.15, 0.2) is 5.78 Å². The molecule has 5 heteroatoms. The smallest absolute Gasteiger partial charge is 0.337 e. The molecule has 0 fully saturated rings. The number of ketones is 1. The summed E-state index contributed by atoms with van der Waals surface area (Å²) >= 11 is 3.50. The van der Waals surface area contributed by atoms with Crippen LogP contribution in [-0.2, 0) is 20.9 Å². The summed E-state index contributed by atoms with van der Waals surface area (Å²) < 4.78 is 6.68. The van der Waals surface area contributed by atoms with Gasteiger partial charge in [0.05, 0.1) is 5.57 Å². The van der Waals surface area contributed by atoms with Crippen LogP contribution in [0.1, 0.15) is 48.3 Å². The molecule has 0 radical (unpaired) electrons. The van der Waals surface area contributed by atoms with Gasteiger partial charge in [0.25, 0.3) is 0 Å². The standard InChI is InChI=1S/C30H26BrNO3/c1-19-27(30(34)35-18-20-8-4-2-5-9-20)28(22-12-14-24(31)15-13-22)29-25(32-19)16-23(17-26(29)33)21-10-6-3-7-11-21/h2-15,23,28,32H,16-18H2,1H3/t23-,28-/m1/s1. The highest BCUT2D eigenvalue weighted by Gasteiger charge is 2.41. The first-order valence-corrected chi connectivity index (χ1v) is 12.6. The first-order valence-electron chi connectivity index (χ1n) is 11.8. The second-order valence-electron chi connectivity index (χ2n) is 9.04. The third-order valence-electron chi connectivity index (χ3n) is 6.73. The summed E-state index contributed by atoms with van der Waals surface area (Å²) in [5.41, 5.74) is 5.79. The number of carbonyl (C=O) groups is 2. The molecule has 35 heavy (non-hydrogen) atoms. The van der Waals surface area contributed by atoms with Gasteiger partial charge in [-0.3, -0.25) is 4.79 Å². The Bertz CT molecular complexity index is 1310. The Balaban J connectivity index is 1.51. The van der Waals surface area contributed by atoms with Gasteiger partial charge in [-0.15, -0.1) is 0 Å². The first-order chi connectivity index (χ1) is 17.0. The molecule has 0 saturated carbocycles. The number of dihydropyridines is 1. The molecule has 3 aromatic rings. The lowest BCUT2D eigenvalue weighted by Crippen LogP contribution is -2.36. The Morgan fingerprint density at radius 3 is 2.26 bits per heavy atom. The van der Waals surface area contributed by atoms with E-state index in [1.165, 1.54) is 0 Å². The van der Waals surface area contributed by atoms with E-state index in [-0.39, 0.29) is 18.3 Å². The molecule has 0 saturated heterocycles. The zero-order valence-electron chi connectivity index (χ0n) is 19.5. The minimum atomic E-state index is -0.466. The predicted octanol–water partition coefficient (Wildman–Crippen LogP) is 6.55. The zero-order valence-corrected chi connectivity index (χ0v) is 21.0. The number of ether oxygens (including phenoxy) is 1. The van der Waals surface area contributed by atoms with Gasteiger partial charge in [0.2, 0.25) is 0 Å². The summed E-state index contributed by atoms with van der Waals surface area (Å²) in [6, 6.07) is 27.6. The van der Waals surface area contributed by atoms with Crippen LogP contribution in [0, 0.1) is 0 Å². The van der Waals surface area contributed by atoms with Crippen molar-refractivity contribution in [3.05, 3.63) is 129 Å². The van der Waals surface area contributed by atoms with Crippen molar-refractivity contribution >= 4 is 27.7 Å². The van der Waals surface area contributed by atoms with Crippen molar-refractivity contribution in [1.29, 1.82) is 0 Å². The maximum Gasteiger partial charge on any atom is 0.337 e. The van der Waals surface area contributed by atoms with Gasteiger partial charge in [-0.05, 0) is 48.1 Å². The number of allylic oxidation sites excluding steroid dienone is 3. The topological polar surface area (TPSA) is 55.4 Å². The van der Waals surface area contributed by atoms with Gasteiger partial charge < -0.3 is 10.1 Å². The molecule has 0 bridgehead atoms. The van der Waals surface area contributed by atoms with Crippen molar-refractivity contribution in [2.24, 2.45) is 0 Å². The van der Waals surface area contributed by atoms with Crippen molar-refractivity contribution in [2.45, 2.75) is 38.2 Å². The molecule has 4 nitrogen and oxygen atoms in total. The Morgan fingerprint density at radius 1 is 0.914 bits per heavy atom. The number of carbonyl (C=O) groups excluding carboxylic acids is 2. The first kappa shape index (κ1) is 23.3. The van der Waals surface area contributed by atoms with Gasteiger partial charge in [0.1, 0.15) is 6.61 Å². The van der Waals surface area contributed by atoms with Crippen molar-refractivity contribution < 1.29 is 14.3 Å². The number of halogens is 1. The molecule has 0 spiro atoms. The number of esters is 1. The van der Waals surface area contributed by atoms with Gasteiger partial charge >= 0.3 is 5.97 Å². The van der Waals surface area contributed by atoms with E-state index in [4.69, 9.17) is 4.74 Å². The maximum atomic E-state index is 13.6. The molecule has 176 valence electrons. The fourth-order valence-electron chi connectivity index (χ4n) is 5.06. The molecule has 1 aliphatic heterocycles. The van der Waals surface area contributed by atoms with E-state index in [0.717, 1.165) is 39.0 Å². The van der Waals surface area contributed by atoms with Crippen LogP contribution in [0.4, 0.5) is 0 Å². The van der Waals surface area contributed by atoms with Gasteiger partial charge in [-0.2, -0.15) is 0 Å². The molecule has 1 aliphatic carbocycles. The second-order valence-corrected chi connectivity index (χ2v) is 9.96. The lowest BCUT2D eigenvalue weighted by Gasteiger charge is -2.36. The van der Waals surface area contributed by atoms with E-state index in [9.17, 15) is 9.59 Å².